The number of hydrogen-bond acceptors (Lipinski definition) is 5. The fraction of sp³-hybridized carbons (Fsp3) is 0.556. The normalized spacial score (nSPS) is 29.4. The first-order valence-electron chi connectivity index (χ1n) is 4.71. The van der Waals surface area contributed by atoms with Crippen molar-refractivity contribution in [2.75, 3.05) is 11.5 Å². The zero-order valence-electron chi connectivity index (χ0n) is 8.09. The minimum absolute atomic E-state index is 0.00508. The first-order chi connectivity index (χ1) is 7.07. The third-order valence-corrected chi connectivity index (χ3v) is 4.16. The summed E-state index contributed by atoms with van der Waals surface area (Å²) in [5.41, 5.74) is 0. The third kappa shape index (κ3) is 2.58. The van der Waals surface area contributed by atoms with E-state index in [2.05, 4.69) is 5.32 Å². The molecule has 0 unspecified atom stereocenters. The fourth-order valence-corrected chi connectivity index (χ4v) is 3.44. The summed E-state index contributed by atoms with van der Waals surface area (Å²) in [7, 11) is -3.08. The molecule has 5 nitrogen and oxygen atoms in total. The number of aliphatic hydroxyl groups excluding tert-OH is 1. The Kier molecular flexibility index (Phi) is 2.81. The van der Waals surface area contributed by atoms with Crippen LogP contribution in [0.25, 0.3) is 0 Å². The number of hydrogen-bond donors (Lipinski definition) is 2. The molecule has 0 aliphatic carbocycles. The van der Waals surface area contributed by atoms with E-state index in [1.54, 1.807) is 18.4 Å². The monoisotopic (exact) mass is 231 g/mol. The molecule has 1 aromatic heterocycles. The summed E-state index contributed by atoms with van der Waals surface area (Å²) < 4.78 is 27.5. The van der Waals surface area contributed by atoms with Crippen molar-refractivity contribution in [3.8, 4) is 0 Å². The average Bonchev–Trinajstić information content (AvgIpc) is 2.70. The van der Waals surface area contributed by atoms with E-state index >= 15 is 0 Å². The largest absolute Gasteiger partial charge is 0.468 e. The van der Waals surface area contributed by atoms with Gasteiger partial charge in [0.05, 0.1) is 30.4 Å². The van der Waals surface area contributed by atoms with Crippen LogP contribution in [0.3, 0.4) is 0 Å². The molecule has 2 N–H and O–H groups in total. The molecule has 0 aromatic carbocycles. The Bertz CT molecular complexity index is 411. The van der Waals surface area contributed by atoms with Crippen molar-refractivity contribution in [1.29, 1.82) is 0 Å². The lowest BCUT2D eigenvalue weighted by atomic mass is 10.2. The molecule has 1 aliphatic heterocycles. The van der Waals surface area contributed by atoms with Crippen molar-refractivity contribution in [1.82, 2.24) is 5.32 Å². The molecule has 2 heterocycles. The van der Waals surface area contributed by atoms with Gasteiger partial charge in [0.1, 0.15) is 5.76 Å². The zero-order valence-corrected chi connectivity index (χ0v) is 8.90. The molecule has 2 atom stereocenters. The van der Waals surface area contributed by atoms with Crippen LogP contribution < -0.4 is 5.32 Å². The van der Waals surface area contributed by atoms with Crippen molar-refractivity contribution in [3.63, 3.8) is 0 Å². The van der Waals surface area contributed by atoms with E-state index in [9.17, 15) is 13.5 Å². The summed E-state index contributed by atoms with van der Waals surface area (Å²) >= 11 is 0. The Morgan fingerprint density at radius 1 is 1.53 bits per heavy atom. The van der Waals surface area contributed by atoms with Crippen LogP contribution in [0.5, 0.6) is 0 Å². The Balaban J connectivity index is 1.91. The quantitative estimate of drug-likeness (QED) is 0.735. The first-order valence-corrected chi connectivity index (χ1v) is 6.53. The molecular formula is C9H13NO4S. The van der Waals surface area contributed by atoms with Gasteiger partial charge in [-0.05, 0) is 12.1 Å². The predicted octanol–water partition coefficient (Wildman–Crippen LogP) is -0.473. The molecule has 0 amide bonds. The number of rotatable bonds is 3. The van der Waals surface area contributed by atoms with Crippen LogP contribution in [0.2, 0.25) is 0 Å². The van der Waals surface area contributed by atoms with E-state index in [1.807, 2.05) is 0 Å². The summed E-state index contributed by atoms with van der Waals surface area (Å²) in [6.07, 6.45) is 0.740. The zero-order chi connectivity index (χ0) is 10.9. The van der Waals surface area contributed by atoms with E-state index in [0.717, 1.165) is 5.76 Å². The SMILES string of the molecule is O=S1(=O)C[C@@H](O)[C@@H](NCc2ccco2)C1. The molecule has 6 heteroatoms. The van der Waals surface area contributed by atoms with E-state index < -0.39 is 15.9 Å². The van der Waals surface area contributed by atoms with Crippen molar-refractivity contribution in [2.24, 2.45) is 0 Å². The van der Waals surface area contributed by atoms with Crippen LogP contribution >= 0.6 is 0 Å². The van der Waals surface area contributed by atoms with Crippen LogP contribution in [-0.2, 0) is 16.4 Å². The average molecular weight is 231 g/mol. The highest BCUT2D eigenvalue weighted by Crippen LogP contribution is 2.13. The lowest BCUT2D eigenvalue weighted by Crippen LogP contribution is -2.38. The second-order valence-electron chi connectivity index (χ2n) is 3.71. The van der Waals surface area contributed by atoms with Gasteiger partial charge in [-0.1, -0.05) is 0 Å². The van der Waals surface area contributed by atoms with Crippen LogP contribution in [0.15, 0.2) is 22.8 Å². The van der Waals surface area contributed by atoms with Gasteiger partial charge in [-0.15, -0.1) is 0 Å². The van der Waals surface area contributed by atoms with Gasteiger partial charge in [0.15, 0.2) is 9.84 Å². The van der Waals surface area contributed by atoms with Gasteiger partial charge < -0.3 is 14.8 Å². The molecule has 0 spiro atoms. The molecule has 0 radical (unpaired) electrons. The maximum Gasteiger partial charge on any atom is 0.154 e. The topological polar surface area (TPSA) is 79.5 Å². The van der Waals surface area contributed by atoms with Gasteiger partial charge in [0.25, 0.3) is 0 Å². The van der Waals surface area contributed by atoms with E-state index in [0.29, 0.717) is 6.54 Å². The molecule has 1 aliphatic rings. The van der Waals surface area contributed by atoms with Crippen molar-refractivity contribution < 1.29 is 17.9 Å². The Labute approximate surface area is 88.0 Å². The predicted molar refractivity (Wildman–Crippen MR) is 54.0 cm³/mol. The minimum Gasteiger partial charge on any atom is -0.468 e. The molecule has 0 saturated carbocycles. The highest BCUT2D eigenvalue weighted by Gasteiger charge is 2.35. The van der Waals surface area contributed by atoms with Gasteiger partial charge in [-0.3, -0.25) is 0 Å². The molecule has 1 fully saturated rings. The van der Waals surface area contributed by atoms with E-state index in [1.165, 1.54) is 0 Å². The van der Waals surface area contributed by atoms with Gasteiger partial charge >= 0.3 is 0 Å². The van der Waals surface area contributed by atoms with Gasteiger partial charge in [-0.25, -0.2) is 8.42 Å². The second-order valence-corrected chi connectivity index (χ2v) is 5.86. The molecule has 0 bridgehead atoms. The highest BCUT2D eigenvalue weighted by molar-refractivity contribution is 7.91. The van der Waals surface area contributed by atoms with Crippen molar-refractivity contribution in [3.05, 3.63) is 24.2 Å². The van der Waals surface area contributed by atoms with Crippen LogP contribution in [0, 0.1) is 0 Å². The smallest absolute Gasteiger partial charge is 0.154 e. The summed E-state index contributed by atoms with van der Waals surface area (Å²) in [6, 6.07) is 3.17. The van der Waals surface area contributed by atoms with E-state index in [4.69, 9.17) is 4.42 Å². The number of nitrogens with one attached hydrogen (secondary N) is 1. The number of aliphatic hydroxyl groups is 1. The van der Waals surface area contributed by atoms with Gasteiger partial charge in [0, 0.05) is 6.04 Å². The molecule has 84 valence electrons. The summed E-state index contributed by atoms with van der Waals surface area (Å²) in [4.78, 5) is 0. The van der Waals surface area contributed by atoms with Crippen LogP contribution in [-0.4, -0.2) is 37.2 Å². The third-order valence-electron chi connectivity index (χ3n) is 2.44. The number of sulfone groups is 1. The lowest BCUT2D eigenvalue weighted by molar-refractivity contribution is 0.164. The Morgan fingerprint density at radius 3 is 2.87 bits per heavy atom. The maximum absolute atomic E-state index is 11.2. The molecular weight excluding hydrogens is 218 g/mol. The first kappa shape index (κ1) is 10.7. The number of furan rings is 1. The molecule has 1 aromatic rings. The van der Waals surface area contributed by atoms with Crippen molar-refractivity contribution >= 4 is 9.84 Å². The maximum atomic E-state index is 11.2. The minimum atomic E-state index is -3.08. The standard InChI is InChI=1S/C9H13NO4S/c11-9-6-15(12,13)5-8(9)10-4-7-2-1-3-14-7/h1-3,8-11H,4-6H2/t8-,9+/m0/s1. The van der Waals surface area contributed by atoms with Gasteiger partial charge in [0.2, 0.25) is 0 Å². The Hall–Kier alpha value is -0.850. The second kappa shape index (κ2) is 3.96. The summed E-state index contributed by atoms with van der Waals surface area (Å²) in [6.45, 7) is 0.435. The Morgan fingerprint density at radius 2 is 2.33 bits per heavy atom. The van der Waals surface area contributed by atoms with E-state index in [-0.39, 0.29) is 17.5 Å². The van der Waals surface area contributed by atoms with Crippen LogP contribution in [0.4, 0.5) is 0 Å². The molecule has 1 saturated heterocycles. The molecule has 15 heavy (non-hydrogen) atoms. The fourth-order valence-electron chi connectivity index (χ4n) is 1.67. The lowest BCUT2D eigenvalue weighted by Gasteiger charge is -2.13. The highest BCUT2D eigenvalue weighted by atomic mass is 32.2. The molecule has 2 rings (SSSR count). The summed E-state index contributed by atoms with van der Waals surface area (Å²) in [5.74, 6) is 0.573. The van der Waals surface area contributed by atoms with Crippen LogP contribution in [0.1, 0.15) is 5.76 Å². The van der Waals surface area contributed by atoms with Gasteiger partial charge in [-0.2, -0.15) is 0 Å². The summed E-state index contributed by atoms with van der Waals surface area (Å²) in [5, 5.41) is 12.4. The van der Waals surface area contributed by atoms with Crippen molar-refractivity contribution in [2.45, 2.75) is 18.7 Å².